The largest absolute Gasteiger partial charge is 0.357 e. The molecule has 1 fully saturated rings. The number of anilines is 2. The number of nitrogens with one attached hydrogen (secondary N) is 3. The monoisotopic (exact) mass is 549 g/mol. The normalized spacial score (nSPS) is 13.5. The molecule has 8 heteroatoms. The molecule has 3 N–H and O–H groups in total. The molecule has 0 bridgehead atoms. The molecule has 0 unspecified atom stereocenters. The number of carbonyl (C=O) groups is 2. The van der Waals surface area contributed by atoms with Gasteiger partial charge in [0.1, 0.15) is 0 Å². The molecule has 0 aliphatic carbocycles. The van der Waals surface area contributed by atoms with Gasteiger partial charge in [0.15, 0.2) is 5.96 Å². The minimum absolute atomic E-state index is 0. The van der Waals surface area contributed by atoms with Crippen LogP contribution in [0.25, 0.3) is 0 Å². The zero-order valence-corrected chi connectivity index (χ0v) is 21.0. The van der Waals surface area contributed by atoms with Gasteiger partial charge in [-0.2, -0.15) is 0 Å². The van der Waals surface area contributed by atoms with Gasteiger partial charge in [-0.1, -0.05) is 31.2 Å². The van der Waals surface area contributed by atoms with Crippen molar-refractivity contribution in [1.29, 1.82) is 0 Å². The molecule has 172 valence electrons. The molecule has 0 saturated carbocycles. The molecule has 1 aliphatic heterocycles. The molecule has 32 heavy (non-hydrogen) atoms. The molecule has 0 spiro atoms. The average Bonchev–Trinajstić information content (AvgIpc) is 3.22. The van der Waals surface area contributed by atoms with Crippen molar-refractivity contribution >= 4 is 53.1 Å². The number of nitrogens with zero attached hydrogens (tertiary/aromatic N) is 2. The summed E-state index contributed by atoms with van der Waals surface area (Å²) in [5.74, 6) is 0.640. The van der Waals surface area contributed by atoms with Gasteiger partial charge in [0.2, 0.25) is 11.8 Å². The number of benzene rings is 2. The fourth-order valence-electron chi connectivity index (χ4n) is 3.45. The molecule has 0 aromatic heterocycles. The second-order valence-corrected chi connectivity index (χ2v) is 7.47. The Morgan fingerprint density at radius 1 is 1.06 bits per heavy atom. The first kappa shape index (κ1) is 25.6. The van der Waals surface area contributed by atoms with E-state index in [1.165, 1.54) is 5.56 Å². The summed E-state index contributed by atoms with van der Waals surface area (Å²) >= 11 is 0. The number of hydrogen-bond donors (Lipinski definition) is 3. The number of hydrogen-bond acceptors (Lipinski definition) is 3. The Balaban J connectivity index is 0.00000363. The van der Waals surface area contributed by atoms with Gasteiger partial charge in [-0.3, -0.25) is 9.59 Å². The average molecular weight is 549 g/mol. The summed E-state index contributed by atoms with van der Waals surface area (Å²) in [5, 5.41) is 9.14. The number of carbonyl (C=O) groups excluding carboxylic acids is 2. The van der Waals surface area contributed by atoms with Crippen molar-refractivity contribution in [2.24, 2.45) is 4.99 Å². The summed E-state index contributed by atoms with van der Waals surface area (Å²) in [5.41, 5.74) is 3.95. The van der Waals surface area contributed by atoms with Crippen molar-refractivity contribution in [3.05, 3.63) is 59.7 Å². The fraction of sp³-hybridized carbons (Fsp3) is 0.375. The Morgan fingerprint density at radius 3 is 2.50 bits per heavy atom. The lowest BCUT2D eigenvalue weighted by molar-refractivity contribution is -0.117. The first-order valence-corrected chi connectivity index (χ1v) is 10.9. The zero-order chi connectivity index (χ0) is 22.1. The highest BCUT2D eigenvalue weighted by atomic mass is 127. The summed E-state index contributed by atoms with van der Waals surface area (Å²) in [4.78, 5) is 30.6. The molecule has 2 aromatic carbocycles. The van der Waals surface area contributed by atoms with Crippen LogP contribution in [-0.4, -0.2) is 37.4 Å². The summed E-state index contributed by atoms with van der Waals surface area (Å²) in [6.07, 6.45) is 2.47. The van der Waals surface area contributed by atoms with Gasteiger partial charge in [0, 0.05) is 30.9 Å². The lowest BCUT2D eigenvalue weighted by Gasteiger charge is -2.16. The number of halogens is 1. The van der Waals surface area contributed by atoms with Crippen LogP contribution in [0.2, 0.25) is 0 Å². The molecular weight excluding hydrogens is 517 g/mol. The lowest BCUT2D eigenvalue weighted by Crippen LogP contribution is -2.41. The number of aliphatic imine (C=N–C) groups is 1. The van der Waals surface area contributed by atoms with Crippen molar-refractivity contribution in [3.63, 3.8) is 0 Å². The topological polar surface area (TPSA) is 85.8 Å². The lowest BCUT2D eigenvalue weighted by atomic mass is 10.1. The third-order valence-electron chi connectivity index (χ3n) is 5.12. The molecule has 2 amide bonds. The molecule has 1 aliphatic rings. The first-order valence-electron chi connectivity index (χ1n) is 10.9. The van der Waals surface area contributed by atoms with Crippen molar-refractivity contribution in [3.8, 4) is 0 Å². The molecule has 0 radical (unpaired) electrons. The van der Waals surface area contributed by atoms with Gasteiger partial charge in [-0.05, 0) is 55.2 Å². The van der Waals surface area contributed by atoms with Crippen LogP contribution in [0.3, 0.4) is 0 Å². The van der Waals surface area contributed by atoms with Gasteiger partial charge in [-0.15, -0.1) is 24.0 Å². The summed E-state index contributed by atoms with van der Waals surface area (Å²) in [6.45, 7) is 6.15. The van der Waals surface area contributed by atoms with Crippen LogP contribution in [0.15, 0.2) is 53.5 Å². The van der Waals surface area contributed by atoms with Gasteiger partial charge in [-0.25, -0.2) is 4.99 Å². The van der Waals surface area contributed by atoms with Crippen LogP contribution in [0, 0.1) is 0 Å². The van der Waals surface area contributed by atoms with Crippen molar-refractivity contribution in [2.75, 3.05) is 29.9 Å². The molecule has 0 atom stereocenters. The maximum Gasteiger partial charge on any atom is 0.243 e. The SMILES string of the molecule is CCNC(=NCc1ccc(N2CCCC2=O)cc1)NCC(=O)Nc1cccc(CC)c1.I. The van der Waals surface area contributed by atoms with E-state index in [1.807, 2.05) is 60.4 Å². The quantitative estimate of drug-likeness (QED) is 0.267. The van der Waals surface area contributed by atoms with E-state index in [4.69, 9.17) is 0 Å². The van der Waals surface area contributed by atoms with E-state index in [9.17, 15) is 9.59 Å². The highest BCUT2D eigenvalue weighted by Crippen LogP contribution is 2.21. The van der Waals surface area contributed by atoms with E-state index in [1.54, 1.807) is 0 Å². The molecule has 1 heterocycles. The number of rotatable bonds is 8. The molecular formula is C24H32IN5O2. The van der Waals surface area contributed by atoms with Crippen molar-refractivity contribution in [1.82, 2.24) is 10.6 Å². The minimum Gasteiger partial charge on any atom is -0.357 e. The van der Waals surface area contributed by atoms with Gasteiger partial charge in [0.05, 0.1) is 13.1 Å². The van der Waals surface area contributed by atoms with Gasteiger partial charge in [0.25, 0.3) is 0 Å². The molecule has 1 saturated heterocycles. The highest BCUT2D eigenvalue weighted by Gasteiger charge is 2.21. The third-order valence-corrected chi connectivity index (χ3v) is 5.12. The second-order valence-electron chi connectivity index (χ2n) is 7.47. The van der Waals surface area contributed by atoms with E-state index in [0.29, 0.717) is 25.5 Å². The number of guanidine groups is 1. The van der Waals surface area contributed by atoms with Crippen LogP contribution in [0.1, 0.15) is 37.8 Å². The predicted molar refractivity (Wildman–Crippen MR) is 141 cm³/mol. The van der Waals surface area contributed by atoms with E-state index in [0.717, 1.165) is 36.3 Å². The summed E-state index contributed by atoms with van der Waals surface area (Å²) in [6, 6.07) is 15.8. The highest BCUT2D eigenvalue weighted by molar-refractivity contribution is 14.0. The maximum absolute atomic E-state index is 12.3. The number of aryl methyl sites for hydroxylation is 1. The van der Waals surface area contributed by atoms with Crippen LogP contribution in [-0.2, 0) is 22.6 Å². The first-order chi connectivity index (χ1) is 15.1. The summed E-state index contributed by atoms with van der Waals surface area (Å²) in [7, 11) is 0. The molecule has 3 rings (SSSR count). The van der Waals surface area contributed by atoms with E-state index in [-0.39, 0.29) is 42.3 Å². The van der Waals surface area contributed by atoms with Gasteiger partial charge >= 0.3 is 0 Å². The van der Waals surface area contributed by atoms with Crippen LogP contribution in [0.4, 0.5) is 11.4 Å². The smallest absolute Gasteiger partial charge is 0.243 e. The second kappa shape index (κ2) is 13.0. The Kier molecular flexibility index (Phi) is 10.5. The van der Waals surface area contributed by atoms with Crippen molar-refractivity contribution in [2.45, 2.75) is 39.7 Å². The van der Waals surface area contributed by atoms with E-state index >= 15 is 0 Å². The zero-order valence-electron chi connectivity index (χ0n) is 18.7. The third kappa shape index (κ3) is 7.51. The van der Waals surface area contributed by atoms with Crippen LogP contribution in [0.5, 0.6) is 0 Å². The Morgan fingerprint density at radius 2 is 1.84 bits per heavy atom. The van der Waals surface area contributed by atoms with Crippen LogP contribution < -0.4 is 20.9 Å². The van der Waals surface area contributed by atoms with E-state index < -0.39 is 0 Å². The molecule has 7 nitrogen and oxygen atoms in total. The van der Waals surface area contributed by atoms with Crippen LogP contribution >= 0.6 is 24.0 Å². The Labute approximate surface area is 207 Å². The predicted octanol–water partition coefficient (Wildman–Crippen LogP) is 3.69. The maximum atomic E-state index is 12.3. The Hall–Kier alpha value is -2.62. The van der Waals surface area contributed by atoms with Crippen molar-refractivity contribution < 1.29 is 9.59 Å². The standard InChI is InChI=1S/C24H31N5O2.HI/c1-3-18-7-5-8-20(15-18)28-22(30)17-27-24(25-4-2)26-16-19-10-12-21(13-11-19)29-14-6-9-23(29)31;/h5,7-8,10-13,15H,3-4,6,9,14,16-17H2,1-2H3,(H,28,30)(H2,25,26,27);1H. The number of amides is 2. The Bertz CT molecular complexity index is 930. The summed E-state index contributed by atoms with van der Waals surface area (Å²) < 4.78 is 0. The fourth-order valence-corrected chi connectivity index (χ4v) is 3.45. The van der Waals surface area contributed by atoms with E-state index in [2.05, 4.69) is 27.9 Å². The van der Waals surface area contributed by atoms with Gasteiger partial charge < -0.3 is 20.9 Å². The molecule has 2 aromatic rings. The minimum atomic E-state index is -0.126.